The first kappa shape index (κ1) is 19.0. The summed E-state index contributed by atoms with van der Waals surface area (Å²) in [7, 11) is 0. The van der Waals surface area contributed by atoms with E-state index >= 15 is 0 Å². The van der Waals surface area contributed by atoms with Crippen LogP contribution in [-0.2, 0) is 0 Å². The molecule has 0 fully saturated rings. The summed E-state index contributed by atoms with van der Waals surface area (Å²) in [5.41, 5.74) is 5.92. The smallest absolute Gasteiger partial charge is 0.271 e. The van der Waals surface area contributed by atoms with Crippen molar-refractivity contribution in [2.24, 2.45) is 5.73 Å². The van der Waals surface area contributed by atoms with E-state index in [9.17, 15) is 14.9 Å². The lowest BCUT2D eigenvalue weighted by Crippen LogP contribution is -2.48. The Kier molecular flexibility index (Phi) is 6.20. The minimum Gasteiger partial charge on any atom is -0.345 e. The molecule has 2 rings (SSSR count). The van der Waals surface area contributed by atoms with Crippen LogP contribution >= 0.6 is 23.7 Å². The molecule has 0 saturated heterocycles. The van der Waals surface area contributed by atoms with Gasteiger partial charge in [0, 0.05) is 35.2 Å². The number of benzene rings is 1. The Hall–Kier alpha value is -2.03. The standard InChI is InChI=1S/C14H16N4O3S.ClH/c1-14(2,8-15)17-12(19)11-7-22-13(16-11)9-4-3-5-10(6-9)18(20)21;/h3-7H,8,15H2,1-2H3,(H,17,19);1H. The maximum Gasteiger partial charge on any atom is 0.271 e. The minimum atomic E-state index is -0.521. The highest BCUT2D eigenvalue weighted by molar-refractivity contribution is 7.13. The van der Waals surface area contributed by atoms with Gasteiger partial charge in [-0.1, -0.05) is 12.1 Å². The molecule has 0 unspecified atom stereocenters. The molecule has 124 valence electrons. The van der Waals surface area contributed by atoms with Crippen molar-refractivity contribution in [2.75, 3.05) is 6.54 Å². The molecule has 0 radical (unpaired) electrons. The van der Waals surface area contributed by atoms with Crippen LogP contribution in [0.5, 0.6) is 0 Å². The number of nitrogens with one attached hydrogen (secondary N) is 1. The summed E-state index contributed by atoms with van der Waals surface area (Å²) >= 11 is 1.26. The minimum absolute atomic E-state index is 0. The van der Waals surface area contributed by atoms with Crippen molar-refractivity contribution >= 4 is 35.3 Å². The van der Waals surface area contributed by atoms with Crippen LogP contribution in [0.3, 0.4) is 0 Å². The van der Waals surface area contributed by atoms with Gasteiger partial charge in [0.15, 0.2) is 0 Å². The van der Waals surface area contributed by atoms with Gasteiger partial charge in [-0.3, -0.25) is 14.9 Å². The molecule has 1 aromatic heterocycles. The largest absolute Gasteiger partial charge is 0.345 e. The molecule has 1 aromatic carbocycles. The van der Waals surface area contributed by atoms with Crippen molar-refractivity contribution in [3.63, 3.8) is 0 Å². The molecule has 7 nitrogen and oxygen atoms in total. The van der Waals surface area contributed by atoms with Crippen LogP contribution in [0.1, 0.15) is 24.3 Å². The monoisotopic (exact) mass is 356 g/mol. The van der Waals surface area contributed by atoms with E-state index in [1.807, 2.05) is 13.8 Å². The first-order valence-electron chi connectivity index (χ1n) is 6.55. The van der Waals surface area contributed by atoms with Gasteiger partial charge in [-0.15, -0.1) is 23.7 Å². The van der Waals surface area contributed by atoms with E-state index in [4.69, 9.17) is 5.73 Å². The number of carbonyl (C=O) groups is 1. The Balaban J connectivity index is 0.00000264. The van der Waals surface area contributed by atoms with Crippen LogP contribution in [0, 0.1) is 10.1 Å². The number of nitro benzene ring substituents is 1. The summed E-state index contributed by atoms with van der Waals surface area (Å²) in [6.07, 6.45) is 0. The fourth-order valence-electron chi connectivity index (χ4n) is 1.69. The zero-order valence-electron chi connectivity index (χ0n) is 12.6. The third kappa shape index (κ3) is 4.72. The molecule has 1 amide bonds. The summed E-state index contributed by atoms with van der Waals surface area (Å²) in [5.74, 6) is -0.316. The van der Waals surface area contributed by atoms with Gasteiger partial charge in [-0.05, 0) is 13.8 Å². The first-order chi connectivity index (χ1) is 10.3. The Bertz CT molecular complexity index is 718. The fourth-order valence-corrected chi connectivity index (χ4v) is 2.48. The van der Waals surface area contributed by atoms with E-state index in [0.717, 1.165) is 0 Å². The number of nitro groups is 1. The zero-order chi connectivity index (χ0) is 16.3. The normalized spacial score (nSPS) is 10.7. The maximum absolute atomic E-state index is 12.1. The number of hydrogen-bond donors (Lipinski definition) is 2. The van der Waals surface area contributed by atoms with E-state index in [-0.39, 0.29) is 29.7 Å². The van der Waals surface area contributed by atoms with Crippen molar-refractivity contribution in [3.8, 4) is 10.6 Å². The molecule has 2 aromatic rings. The summed E-state index contributed by atoms with van der Waals surface area (Å²) in [6, 6.07) is 6.16. The average Bonchev–Trinajstić information content (AvgIpc) is 2.97. The summed E-state index contributed by atoms with van der Waals surface area (Å²) in [4.78, 5) is 26.7. The average molecular weight is 357 g/mol. The lowest BCUT2D eigenvalue weighted by Gasteiger charge is -2.23. The molecule has 0 aliphatic carbocycles. The Morgan fingerprint density at radius 3 is 2.78 bits per heavy atom. The third-order valence-corrected chi connectivity index (χ3v) is 3.89. The molecule has 23 heavy (non-hydrogen) atoms. The van der Waals surface area contributed by atoms with E-state index < -0.39 is 10.5 Å². The highest BCUT2D eigenvalue weighted by Crippen LogP contribution is 2.26. The molecule has 0 aliphatic rings. The topological polar surface area (TPSA) is 111 Å². The van der Waals surface area contributed by atoms with E-state index in [1.54, 1.807) is 17.5 Å². The molecular weight excluding hydrogens is 340 g/mol. The first-order valence-corrected chi connectivity index (χ1v) is 7.43. The van der Waals surface area contributed by atoms with Gasteiger partial charge in [0.25, 0.3) is 11.6 Å². The second-order valence-corrected chi connectivity index (χ2v) is 6.25. The maximum atomic E-state index is 12.1. The van der Waals surface area contributed by atoms with E-state index in [0.29, 0.717) is 17.1 Å². The number of nitrogens with two attached hydrogens (primary N) is 1. The number of nitrogens with zero attached hydrogens (tertiary/aromatic N) is 2. The highest BCUT2D eigenvalue weighted by Gasteiger charge is 2.21. The molecule has 0 atom stereocenters. The van der Waals surface area contributed by atoms with Gasteiger partial charge in [0.1, 0.15) is 10.7 Å². The number of non-ortho nitro benzene ring substituents is 1. The van der Waals surface area contributed by atoms with Gasteiger partial charge in [-0.25, -0.2) is 4.98 Å². The number of thiazole rings is 1. The summed E-state index contributed by atoms with van der Waals surface area (Å²) < 4.78 is 0. The number of rotatable bonds is 5. The Morgan fingerprint density at radius 2 is 2.17 bits per heavy atom. The van der Waals surface area contributed by atoms with Gasteiger partial charge in [0.2, 0.25) is 0 Å². The molecule has 0 saturated carbocycles. The van der Waals surface area contributed by atoms with Crippen molar-refractivity contribution in [2.45, 2.75) is 19.4 Å². The van der Waals surface area contributed by atoms with Crippen LogP contribution in [0.4, 0.5) is 5.69 Å². The van der Waals surface area contributed by atoms with E-state index in [2.05, 4.69) is 10.3 Å². The highest BCUT2D eigenvalue weighted by atomic mass is 35.5. The fraction of sp³-hybridized carbons (Fsp3) is 0.286. The van der Waals surface area contributed by atoms with Crippen molar-refractivity contribution < 1.29 is 9.72 Å². The second kappa shape index (κ2) is 7.49. The van der Waals surface area contributed by atoms with Gasteiger partial charge >= 0.3 is 0 Å². The van der Waals surface area contributed by atoms with Crippen LogP contribution in [0.25, 0.3) is 10.6 Å². The predicted molar refractivity (Wildman–Crippen MR) is 92.1 cm³/mol. The molecular formula is C14H17ClN4O3S. The number of aromatic nitrogens is 1. The Labute approximate surface area is 143 Å². The van der Waals surface area contributed by atoms with Crippen LogP contribution < -0.4 is 11.1 Å². The van der Waals surface area contributed by atoms with Crippen LogP contribution in [-0.4, -0.2) is 27.9 Å². The van der Waals surface area contributed by atoms with E-state index in [1.165, 1.54) is 23.5 Å². The lowest BCUT2D eigenvalue weighted by molar-refractivity contribution is -0.384. The second-order valence-electron chi connectivity index (χ2n) is 5.39. The van der Waals surface area contributed by atoms with Crippen molar-refractivity contribution in [1.29, 1.82) is 0 Å². The lowest BCUT2D eigenvalue weighted by atomic mass is 10.1. The van der Waals surface area contributed by atoms with Crippen LogP contribution in [0.15, 0.2) is 29.6 Å². The van der Waals surface area contributed by atoms with Gasteiger partial charge in [-0.2, -0.15) is 0 Å². The third-order valence-electron chi connectivity index (χ3n) is 3.00. The number of hydrogen-bond acceptors (Lipinski definition) is 6. The number of carbonyl (C=O) groups excluding carboxylic acids is 1. The van der Waals surface area contributed by atoms with Crippen molar-refractivity contribution in [3.05, 3.63) is 45.5 Å². The molecule has 3 N–H and O–H groups in total. The molecule has 0 aliphatic heterocycles. The quantitative estimate of drug-likeness (QED) is 0.631. The molecule has 0 bridgehead atoms. The number of amides is 1. The SMILES string of the molecule is CC(C)(CN)NC(=O)c1csc(-c2cccc([N+](=O)[O-])c2)n1.Cl. The van der Waals surface area contributed by atoms with Gasteiger partial charge < -0.3 is 11.1 Å². The zero-order valence-corrected chi connectivity index (χ0v) is 14.2. The Morgan fingerprint density at radius 1 is 1.48 bits per heavy atom. The predicted octanol–water partition coefficient (Wildman–Crippen LogP) is 2.61. The van der Waals surface area contributed by atoms with Gasteiger partial charge in [0.05, 0.1) is 4.92 Å². The van der Waals surface area contributed by atoms with Crippen LogP contribution in [0.2, 0.25) is 0 Å². The summed E-state index contributed by atoms with van der Waals surface area (Å²) in [6.45, 7) is 3.94. The summed E-state index contributed by atoms with van der Waals surface area (Å²) in [5, 5.41) is 15.8. The molecule has 1 heterocycles. The molecule has 0 spiro atoms. The van der Waals surface area contributed by atoms with Crippen molar-refractivity contribution in [1.82, 2.24) is 10.3 Å². The number of halogens is 1. The molecule has 9 heteroatoms.